The number of hydrogen-bond donors (Lipinski definition) is 1. The topological polar surface area (TPSA) is 61.9 Å². The zero-order chi connectivity index (χ0) is 19.9. The average Bonchev–Trinajstić information content (AvgIpc) is 2.74. The molecule has 2 amide bonds. The first-order valence-corrected chi connectivity index (χ1v) is 9.55. The third-order valence-electron chi connectivity index (χ3n) is 5.11. The molecule has 0 aromatic heterocycles. The van der Waals surface area contributed by atoms with Crippen molar-refractivity contribution < 1.29 is 14.3 Å². The smallest absolute Gasteiger partial charge is 0.242 e. The highest BCUT2D eigenvalue weighted by Gasteiger charge is 2.23. The lowest BCUT2D eigenvalue weighted by Gasteiger charge is -2.36. The third-order valence-corrected chi connectivity index (χ3v) is 5.11. The summed E-state index contributed by atoms with van der Waals surface area (Å²) in [7, 11) is 1.66. The van der Waals surface area contributed by atoms with Crippen LogP contribution in [0, 0.1) is 6.92 Å². The minimum absolute atomic E-state index is 0.0410. The first-order valence-electron chi connectivity index (χ1n) is 9.55. The summed E-state index contributed by atoms with van der Waals surface area (Å²) in [5.74, 6) is 0.666. The van der Waals surface area contributed by atoms with Crippen LogP contribution in [-0.4, -0.2) is 56.5 Å². The van der Waals surface area contributed by atoms with Crippen molar-refractivity contribution in [1.82, 2.24) is 10.2 Å². The molecular weight excluding hydrogens is 354 g/mol. The molecule has 0 unspecified atom stereocenters. The second kappa shape index (κ2) is 9.26. The van der Waals surface area contributed by atoms with Crippen molar-refractivity contribution in [2.75, 3.05) is 44.7 Å². The van der Waals surface area contributed by atoms with Crippen LogP contribution in [0.5, 0.6) is 5.75 Å². The van der Waals surface area contributed by atoms with Crippen LogP contribution in [0.25, 0.3) is 0 Å². The van der Waals surface area contributed by atoms with Crippen LogP contribution in [0.4, 0.5) is 5.69 Å². The molecule has 0 radical (unpaired) electrons. The van der Waals surface area contributed by atoms with Crippen LogP contribution in [0.3, 0.4) is 0 Å². The Balaban J connectivity index is 1.46. The second-order valence-electron chi connectivity index (χ2n) is 6.92. The van der Waals surface area contributed by atoms with E-state index in [0.717, 1.165) is 35.7 Å². The van der Waals surface area contributed by atoms with Crippen molar-refractivity contribution in [1.29, 1.82) is 0 Å². The van der Waals surface area contributed by atoms with E-state index in [2.05, 4.69) is 10.2 Å². The molecule has 0 bridgehead atoms. The van der Waals surface area contributed by atoms with Gasteiger partial charge in [0, 0.05) is 26.2 Å². The molecular formula is C22H27N3O3. The Morgan fingerprint density at radius 1 is 1.00 bits per heavy atom. The number of nitrogens with one attached hydrogen (secondary N) is 1. The fourth-order valence-electron chi connectivity index (χ4n) is 3.42. The van der Waals surface area contributed by atoms with E-state index in [-0.39, 0.29) is 18.4 Å². The fraction of sp³-hybridized carbons (Fsp3) is 0.364. The number of ether oxygens (including phenoxy) is 1. The molecule has 3 rings (SSSR count). The SMILES string of the molecule is COc1ccccc1N1CCN(C(=O)CNC(=O)Cc2ccccc2C)CC1. The van der Waals surface area contributed by atoms with Crippen LogP contribution in [0.1, 0.15) is 11.1 Å². The van der Waals surface area contributed by atoms with Gasteiger partial charge in [0.2, 0.25) is 11.8 Å². The molecule has 1 N–H and O–H groups in total. The van der Waals surface area contributed by atoms with Gasteiger partial charge in [-0.25, -0.2) is 0 Å². The normalized spacial score (nSPS) is 13.9. The summed E-state index contributed by atoms with van der Waals surface area (Å²) in [5.41, 5.74) is 3.11. The van der Waals surface area contributed by atoms with Gasteiger partial charge >= 0.3 is 0 Å². The standard InChI is InChI=1S/C22H27N3O3/c1-17-7-3-4-8-18(17)15-21(26)23-16-22(27)25-13-11-24(12-14-25)19-9-5-6-10-20(19)28-2/h3-10H,11-16H2,1-2H3,(H,23,26). The van der Waals surface area contributed by atoms with Crippen molar-refractivity contribution >= 4 is 17.5 Å². The van der Waals surface area contributed by atoms with Crippen molar-refractivity contribution in [3.8, 4) is 5.75 Å². The van der Waals surface area contributed by atoms with Gasteiger partial charge < -0.3 is 19.9 Å². The van der Waals surface area contributed by atoms with Gasteiger partial charge in [0.25, 0.3) is 0 Å². The molecule has 1 fully saturated rings. The van der Waals surface area contributed by atoms with Crippen molar-refractivity contribution in [3.63, 3.8) is 0 Å². The second-order valence-corrected chi connectivity index (χ2v) is 6.92. The zero-order valence-corrected chi connectivity index (χ0v) is 16.5. The molecule has 6 heteroatoms. The van der Waals surface area contributed by atoms with E-state index in [4.69, 9.17) is 4.74 Å². The summed E-state index contributed by atoms with van der Waals surface area (Å²) < 4.78 is 5.43. The number of carbonyl (C=O) groups is 2. The zero-order valence-electron chi connectivity index (χ0n) is 16.5. The quantitative estimate of drug-likeness (QED) is 0.832. The highest BCUT2D eigenvalue weighted by Crippen LogP contribution is 2.28. The van der Waals surface area contributed by atoms with E-state index in [1.54, 1.807) is 12.0 Å². The number of anilines is 1. The number of benzene rings is 2. The minimum Gasteiger partial charge on any atom is -0.495 e. The number of para-hydroxylation sites is 2. The van der Waals surface area contributed by atoms with Crippen molar-refractivity contribution in [2.24, 2.45) is 0 Å². The predicted molar refractivity (Wildman–Crippen MR) is 110 cm³/mol. The van der Waals surface area contributed by atoms with Gasteiger partial charge in [-0.3, -0.25) is 9.59 Å². The van der Waals surface area contributed by atoms with E-state index in [1.165, 1.54) is 0 Å². The van der Waals surface area contributed by atoms with Crippen molar-refractivity contribution in [2.45, 2.75) is 13.3 Å². The lowest BCUT2D eigenvalue weighted by Crippen LogP contribution is -2.51. The Kier molecular flexibility index (Phi) is 6.53. The van der Waals surface area contributed by atoms with Crippen LogP contribution < -0.4 is 15.0 Å². The lowest BCUT2D eigenvalue weighted by atomic mass is 10.1. The Bertz CT molecular complexity index is 829. The molecule has 0 saturated carbocycles. The summed E-state index contributed by atoms with van der Waals surface area (Å²) in [6, 6.07) is 15.7. The van der Waals surface area contributed by atoms with Crippen LogP contribution in [-0.2, 0) is 16.0 Å². The van der Waals surface area contributed by atoms with Gasteiger partial charge in [0.05, 0.1) is 25.8 Å². The minimum atomic E-state index is -0.129. The number of piperazine rings is 1. The maximum atomic E-state index is 12.5. The molecule has 1 saturated heterocycles. The van der Waals surface area contributed by atoms with Crippen LogP contribution in [0.15, 0.2) is 48.5 Å². The number of rotatable bonds is 6. The number of amides is 2. The molecule has 6 nitrogen and oxygen atoms in total. The molecule has 0 atom stereocenters. The van der Waals surface area contributed by atoms with Crippen molar-refractivity contribution in [3.05, 3.63) is 59.7 Å². The van der Waals surface area contributed by atoms with E-state index in [1.807, 2.05) is 55.5 Å². The summed E-state index contributed by atoms with van der Waals surface area (Å²) in [6.07, 6.45) is 0.293. The van der Waals surface area contributed by atoms with Crippen LogP contribution in [0.2, 0.25) is 0 Å². The lowest BCUT2D eigenvalue weighted by molar-refractivity contribution is -0.133. The molecule has 0 spiro atoms. The number of carbonyl (C=O) groups excluding carboxylic acids is 2. The van der Waals surface area contributed by atoms with E-state index in [9.17, 15) is 9.59 Å². The molecule has 148 valence electrons. The first kappa shape index (κ1) is 19.7. The average molecular weight is 381 g/mol. The van der Waals surface area contributed by atoms with Gasteiger partial charge in [0.1, 0.15) is 5.75 Å². The van der Waals surface area contributed by atoms with Gasteiger partial charge in [0.15, 0.2) is 0 Å². The molecule has 2 aromatic rings. The summed E-state index contributed by atoms with van der Waals surface area (Å²) in [5, 5.41) is 2.75. The highest BCUT2D eigenvalue weighted by atomic mass is 16.5. The Labute approximate surface area is 166 Å². The van der Waals surface area contributed by atoms with E-state index < -0.39 is 0 Å². The molecule has 28 heavy (non-hydrogen) atoms. The molecule has 1 aliphatic heterocycles. The Morgan fingerprint density at radius 3 is 2.39 bits per heavy atom. The molecule has 1 aliphatic rings. The number of nitrogens with zero attached hydrogens (tertiary/aromatic N) is 2. The largest absolute Gasteiger partial charge is 0.495 e. The Morgan fingerprint density at radius 2 is 1.68 bits per heavy atom. The highest BCUT2D eigenvalue weighted by molar-refractivity contribution is 5.86. The van der Waals surface area contributed by atoms with Gasteiger partial charge in [-0.15, -0.1) is 0 Å². The molecule has 0 aliphatic carbocycles. The molecule has 2 aromatic carbocycles. The molecule has 1 heterocycles. The predicted octanol–water partition coefficient (Wildman–Crippen LogP) is 2.01. The number of aryl methyl sites for hydroxylation is 1. The van der Waals surface area contributed by atoms with Gasteiger partial charge in [-0.05, 0) is 30.2 Å². The third kappa shape index (κ3) is 4.82. The summed E-state index contributed by atoms with van der Waals surface area (Å²) in [6.45, 7) is 4.76. The van der Waals surface area contributed by atoms with E-state index in [0.29, 0.717) is 19.5 Å². The van der Waals surface area contributed by atoms with Crippen LogP contribution >= 0.6 is 0 Å². The summed E-state index contributed by atoms with van der Waals surface area (Å²) in [4.78, 5) is 28.6. The van der Waals surface area contributed by atoms with Gasteiger partial charge in [-0.1, -0.05) is 36.4 Å². The van der Waals surface area contributed by atoms with Gasteiger partial charge in [-0.2, -0.15) is 0 Å². The monoisotopic (exact) mass is 381 g/mol. The Hall–Kier alpha value is -3.02. The number of hydrogen-bond acceptors (Lipinski definition) is 4. The first-order chi connectivity index (χ1) is 13.6. The van der Waals surface area contributed by atoms with E-state index >= 15 is 0 Å². The maximum Gasteiger partial charge on any atom is 0.242 e. The fourth-order valence-corrected chi connectivity index (χ4v) is 3.42. The maximum absolute atomic E-state index is 12.5. The summed E-state index contributed by atoms with van der Waals surface area (Å²) >= 11 is 0. The number of methoxy groups -OCH3 is 1.